The van der Waals surface area contributed by atoms with Crippen LogP contribution in [0.5, 0.6) is 0 Å². The van der Waals surface area contributed by atoms with Gasteiger partial charge in [-0.3, -0.25) is 19.2 Å². The molecule has 30 heavy (non-hydrogen) atoms. The number of benzene rings is 1. The van der Waals surface area contributed by atoms with Gasteiger partial charge in [0.25, 0.3) is 11.8 Å². The summed E-state index contributed by atoms with van der Waals surface area (Å²) in [6.07, 6.45) is 0.543. The molecule has 4 amide bonds. The van der Waals surface area contributed by atoms with Gasteiger partial charge in [0, 0.05) is 31.1 Å². The summed E-state index contributed by atoms with van der Waals surface area (Å²) >= 11 is 1.39. The van der Waals surface area contributed by atoms with Crippen LogP contribution in [-0.2, 0) is 22.6 Å². The number of fused-ring (bicyclic) bond motifs is 3. The van der Waals surface area contributed by atoms with Gasteiger partial charge in [0.05, 0.1) is 18.7 Å². The van der Waals surface area contributed by atoms with E-state index in [9.17, 15) is 19.2 Å². The Labute approximate surface area is 178 Å². The molecule has 1 N–H and O–H groups in total. The number of nitrogens with zero attached hydrogens (tertiary/aromatic N) is 3. The highest BCUT2D eigenvalue weighted by molar-refractivity contribution is 7.17. The number of thiophene rings is 1. The Balaban J connectivity index is 1.48. The van der Waals surface area contributed by atoms with Gasteiger partial charge in [0.1, 0.15) is 11.5 Å². The van der Waals surface area contributed by atoms with Gasteiger partial charge in [-0.25, -0.2) is 0 Å². The van der Waals surface area contributed by atoms with Crippen molar-refractivity contribution in [2.24, 2.45) is 0 Å². The molecule has 0 atom stereocenters. The van der Waals surface area contributed by atoms with Gasteiger partial charge < -0.3 is 20.0 Å². The molecule has 0 unspecified atom stereocenters. The third-order valence-corrected chi connectivity index (χ3v) is 6.73. The molecule has 0 fully saturated rings. The molecule has 1 aromatic heterocycles. The maximum Gasteiger partial charge on any atom is 0.257 e. The Morgan fingerprint density at radius 2 is 1.83 bits per heavy atom. The van der Waals surface area contributed by atoms with E-state index in [1.54, 1.807) is 43.3 Å². The molecule has 2 aromatic rings. The molecule has 0 bridgehead atoms. The minimum absolute atomic E-state index is 0.0528. The van der Waals surface area contributed by atoms with Crippen molar-refractivity contribution in [3.8, 4) is 0 Å². The third kappa shape index (κ3) is 3.56. The van der Waals surface area contributed by atoms with Crippen LogP contribution in [0.2, 0.25) is 0 Å². The Morgan fingerprint density at radius 3 is 2.57 bits per heavy atom. The number of likely N-dealkylation sites (N-methyl/N-ethyl adjacent to an activating group) is 2. The van der Waals surface area contributed by atoms with Crippen molar-refractivity contribution in [3.63, 3.8) is 0 Å². The van der Waals surface area contributed by atoms with Gasteiger partial charge in [0.2, 0.25) is 11.8 Å². The molecular formula is C21H22N4O4S. The van der Waals surface area contributed by atoms with Crippen LogP contribution in [0, 0.1) is 0 Å². The van der Waals surface area contributed by atoms with Gasteiger partial charge in [0.15, 0.2) is 0 Å². The third-order valence-electron chi connectivity index (χ3n) is 5.44. The molecule has 0 saturated heterocycles. The summed E-state index contributed by atoms with van der Waals surface area (Å²) in [6, 6.07) is 8.74. The molecule has 0 aliphatic carbocycles. The van der Waals surface area contributed by atoms with Crippen molar-refractivity contribution in [1.29, 1.82) is 0 Å². The summed E-state index contributed by atoms with van der Waals surface area (Å²) < 4.78 is 0. The summed E-state index contributed by atoms with van der Waals surface area (Å²) in [5, 5.41) is 3.31. The van der Waals surface area contributed by atoms with Gasteiger partial charge in [-0.2, -0.15) is 0 Å². The predicted molar refractivity (Wildman–Crippen MR) is 113 cm³/mol. The zero-order chi connectivity index (χ0) is 21.4. The van der Waals surface area contributed by atoms with E-state index in [4.69, 9.17) is 0 Å². The fraction of sp³-hybridized carbons (Fsp3) is 0.333. The molecule has 3 heterocycles. The molecular weight excluding hydrogens is 404 g/mol. The van der Waals surface area contributed by atoms with Crippen LogP contribution in [0.15, 0.2) is 30.3 Å². The zero-order valence-corrected chi connectivity index (χ0v) is 17.6. The number of nitrogens with one attached hydrogen (secondary N) is 1. The highest BCUT2D eigenvalue weighted by Crippen LogP contribution is 2.40. The quantitative estimate of drug-likeness (QED) is 0.796. The number of hydrogen-bond acceptors (Lipinski definition) is 5. The Kier molecular flexibility index (Phi) is 5.29. The average Bonchev–Trinajstić information content (AvgIpc) is 3.11. The second kappa shape index (κ2) is 7.91. The van der Waals surface area contributed by atoms with E-state index in [-0.39, 0.29) is 36.7 Å². The summed E-state index contributed by atoms with van der Waals surface area (Å²) in [6.45, 7) is 0.794. The van der Waals surface area contributed by atoms with Crippen LogP contribution in [0.3, 0.4) is 0 Å². The number of hydrogen-bond donors (Lipinski definition) is 1. The minimum Gasteiger partial charge on any atom is -0.343 e. The average molecular weight is 426 g/mol. The molecule has 0 radical (unpaired) electrons. The molecule has 1 aromatic carbocycles. The molecule has 0 saturated carbocycles. The molecule has 2 aliphatic rings. The lowest BCUT2D eigenvalue weighted by atomic mass is 10.0. The molecule has 2 aliphatic heterocycles. The summed E-state index contributed by atoms with van der Waals surface area (Å²) in [4.78, 5) is 55.5. The highest BCUT2D eigenvalue weighted by Gasteiger charge is 2.36. The zero-order valence-electron chi connectivity index (χ0n) is 16.8. The monoisotopic (exact) mass is 426 g/mol. The van der Waals surface area contributed by atoms with E-state index in [0.717, 1.165) is 10.4 Å². The largest absolute Gasteiger partial charge is 0.343 e. The summed E-state index contributed by atoms with van der Waals surface area (Å²) in [7, 11) is 3.30. The Morgan fingerprint density at radius 1 is 1.10 bits per heavy atom. The molecule has 156 valence electrons. The highest BCUT2D eigenvalue weighted by atomic mass is 32.1. The van der Waals surface area contributed by atoms with E-state index in [1.165, 1.54) is 21.1 Å². The van der Waals surface area contributed by atoms with Gasteiger partial charge in [-0.15, -0.1) is 11.3 Å². The predicted octanol–water partition coefficient (Wildman–Crippen LogP) is 1.11. The van der Waals surface area contributed by atoms with Crippen LogP contribution in [-0.4, -0.2) is 67.2 Å². The van der Waals surface area contributed by atoms with E-state index in [0.29, 0.717) is 35.6 Å². The first-order valence-electron chi connectivity index (χ1n) is 9.64. The number of carbonyl (C=O) groups excluding carboxylic acids is 4. The molecule has 9 heteroatoms. The summed E-state index contributed by atoms with van der Waals surface area (Å²) in [5.41, 5.74) is 2.00. The van der Waals surface area contributed by atoms with Crippen molar-refractivity contribution in [1.82, 2.24) is 15.1 Å². The lowest BCUT2D eigenvalue weighted by molar-refractivity contribution is -0.131. The van der Waals surface area contributed by atoms with Gasteiger partial charge >= 0.3 is 0 Å². The maximum absolute atomic E-state index is 12.8. The first-order chi connectivity index (χ1) is 14.4. The minimum atomic E-state index is -0.293. The van der Waals surface area contributed by atoms with Crippen molar-refractivity contribution in [3.05, 3.63) is 51.9 Å². The SMILES string of the molecule is CN1CC(=O)N(C)c2sc3c(c2C1=O)CCN(C(=O)CNC(=O)c1ccccc1)C3. The van der Waals surface area contributed by atoms with Gasteiger partial charge in [-0.05, 0) is 24.1 Å². The molecule has 0 spiro atoms. The fourth-order valence-electron chi connectivity index (χ4n) is 3.70. The van der Waals surface area contributed by atoms with Crippen LogP contribution in [0.25, 0.3) is 0 Å². The Hall–Kier alpha value is -3.20. The van der Waals surface area contributed by atoms with Crippen molar-refractivity contribution >= 4 is 40.0 Å². The van der Waals surface area contributed by atoms with E-state index in [2.05, 4.69) is 5.32 Å². The number of anilines is 1. The normalized spacial score (nSPS) is 16.1. The van der Waals surface area contributed by atoms with Crippen LogP contribution in [0.4, 0.5) is 5.00 Å². The lowest BCUT2D eigenvalue weighted by Gasteiger charge is -2.27. The standard InChI is InChI=1S/C21H22N4O4S/c1-23-12-17(27)24(2)21-18(20(23)29)14-8-9-25(11-15(14)30-21)16(26)10-22-19(28)13-6-4-3-5-7-13/h3-7H,8-12H2,1-2H3,(H,22,28). The smallest absolute Gasteiger partial charge is 0.257 e. The number of carbonyl (C=O) groups is 4. The van der Waals surface area contributed by atoms with E-state index in [1.807, 2.05) is 6.07 Å². The lowest BCUT2D eigenvalue weighted by Crippen LogP contribution is -2.42. The maximum atomic E-state index is 12.8. The van der Waals surface area contributed by atoms with Gasteiger partial charge in [-0.1, -0.05) is 18.2 Å². The van der Waals surface area contributed by atoms with Crippen LogP contribution < -0.4 is 10.2 Å². The van der Waals surface area contributed by atoms with Crippen molar-refractivity contribution in [2.45, 2.75) is 13.0 Å². The van der Waals surface area contributed by atoms with E-state index < -0.39 is 0 Å². The Bertz CT molecular complexity index is 1030. The number of amides is 4. The van der Waals surface area contributed by atoms with Crippen molar-refractivity contribution in [2.75, 3.05) is 38.6 Å². The van der Waals surface area contributed by atoms with Crippen LogP contribution in [0.1, 0.15) is 31.2 Å². The van der Waals surface area contributed by atoms with E-state index >= 15 is 0 Å². The topological polar surface area (TPSA) is 90.0 Å². The van der Waals surface area contributed by atoms with Crippen LogP contribution >= 0.6 is 11.3 Å². The second-order valence-electron chi connectivity index (χ2n) is 7.41. The fourth-order valence-corrected chi connectivity index (χ4v) is 5.04. The second-order valence-corrected chi connectivity index (χ2v) is 8.50. The summed E-state index contributed by atoms with van der Waals surface area (Å²) in [5.74, 6) is -0.769. The van der Waals surface area contributed by atoms with Crippen molar-refractivity contribution < 1.29 is 19.2 Å². The molecule has 8 nitrogen and oxygen atoms in total. The first-order valence-corrected chi connectivity index (χ1v) is 10.5. The number of rotatable bonds is 3. The first kappa shape index (κ1) is 20.1. The molecule has 4 rings (SSSR count).